The fourth-order valence-electron chi connectivity index (χ4n) is 2.24. The van der Waals surface area contributed by atoms with Crippen LogP contribution in [0, 0.1) is 11.3 Å². The Hall–Kier alpha value is -1.73. The van der Waals surface area contributed by atoms with E-state index >= 15 is 0 Å². The minimum Gasteiger partial charge on any atom is -0.481 e. The average molecular weight is 265 g/mol. The number of rotatable bonds is 4. The summed E-state index contributed by atoms with van der Waals surface area (Å²) in [4.78, 5) is 10.9. The molecule has 0 radical (unpaired) electrons. The molecule has 1 aliphatic carbocycles. The van der Waals surface area contributed by atoms with Gasteiger partial charge in [-0.2, -0.15) is 5.26 Å². The maximum absolute atomic E-state index is 10.9. The van der Waals surface area contributed by atoms with E-state index in [0.717, 1.165) is 19.3 Å². The summed E-state index contributed by atoms with van der Waals surface area (Å²) in [5, 5.41) is 21.7. The van der Waals surface area contributed by atoms with Gasteiger partial charge in [0.2, 0.25) is 0 Å². The molecule has 18 heavy (non-hydrogen) atoms. The van der Waals surface area contributed by atoms with Gasteiger partial charge >= 0.3 is 5.97 Å². The first-order valence-corrected chi connectivity index (χ1v) is 6.12. The van der Waals surface area contributed by atoms with E-state index in [9.17, 15) is 4.79 Å². The lowest BCUT2D eigenvalue weighted by Gasteiger charge is -2.42. The standard InChI is InChI=1S/C13H13ClN2O2/c14-10-3-2-9(8-15)11(6-10)16-13(4-1-5-13)7-12(17)18/h2-3,6,16H,1,4-5,7H2,(H,17,18). The Kier molecular flexibility index (Phi) is 3.44. The number of nitriles is 1. The van der Waals surface area contributed by atoms with Crippen LogP contribution in [-0.2, 0) is 4.79 Å². The van der Waals surface area contributed by atoms with Gasteiger partial charge in [-0.15, -0.1) is 0 Å². The molecule has 4 nitrogen and oxygen atoms in total. The molecule has 2 N–H and O–H groups in total. The van der Waals surface area contributed by atoms with Gasteiger partial charge in [0.05, 0.1) is 17.7 Å². The van der Waals surface area contributed by atoms with Crippen molar-refractivity contribution >= 4 is 23.3 Å². The predicted octanol–water partition coefficient (Wildman–Crippen LogP) is 3.02. The fourth-order valence-corrected chi connectivity index (χ4v) is 2.41. The van der Waals surface area contributed by atoms with E-state index in [1.54, 1.807) is 18.2 Å². The molecular weight excluding hydrogens is 252 g/mol. The van der Waals surface area contributed by atoms with Crippen LogP contribution >= 0.6 is 11.6 Å². The largest absolute Gasteiger partial charge is 0.481 e. The van der Waals surface area contributed by atoms with Gasteiger partial charge in [0.1, 0.15) is 6.07 Å². The summed E-state index contributed by atoms with van der Waals surface area (Å²) in [5.41, 5.74) is 0.671. The lowest BCUT2D eigenvalue weighted by molar-refractivity contribution is -0.138. The van der Waals surface area contributed by atoms with E-state index in [2.05, 4.69) is 11.4 Å². The second-order valence-electron chi connectivity index (χ2n) is 4.63. The molecule has 94 valence electrons. The van der Waals surface area contributed by atoms with Gasteiger partial charge in [0, 0.05) is 10.6 Å². The van der Waals surface area contributed by atoms with E-state index in [4.69, 9.17) is 22.0 Å². The molecule has 1 aromatic rings. The highest BCUT2D eigenvalue weighted by molar-refractivity contribution is 6.30. The van der Waals surface area contributed by atoms with Gasteiger partial charge < -0.3 is 10.4 Å². The number of hydrogen-bond donors (Lipinski definition) is 2. The van der Waals surface area contributed by atoms with Crippen LogP contribution in [0.1, 0.15) is 31.2 Å². The van der Waals surface area contributed by atoms with Crippen LogP contribution in [0.5, 0.6) is 0 Å². The number of halogens is 1. The molecule has 0 bridgehead atoms. The van der Waals surface area contributed by atoms with Crippen molar-refractivity contribution in [1.29, 1.82) is 5.26 Å². The average Bonchev–Trinajstić information content (AvgIpc) is 2.26. The van der Waals surface area contributed by atoms with E-state index in [1.807, 2.05) is 0 Å². The molecule has 0 aliphatic heterocycles. The Morgan fingerprint density at radius 3 is 2.78 bits per heavy atom. The summed E-state index contributed by atoms with van der Waals surface area (Å²) >= 11 is 5.90. The molecular formula is C13H13ClN2O2. The molecule has 0 spiro atoms. The predicted molar refractivity (Wildman–Crippen MR) is 68.6 cm³/mol. The summed E-state index contributed by atoms with van der Waals surface area (Å²) in [6, 6.07) is 7.03. The third-order valence-electron chi connectivity index (χ3n) is 3.30. The first-order chi connectivity index (χ1) is 8.54. The van der Waals surface area contributed by atoms with Gasteiger partial charge in [0.25, 0.3) is 0 Å². The van der Waals surface area contributed by atoms with Crippen molar-refractivity contribution in [2.75, 3.05) is 5.32 Å². The van der Waals surface area contributed by atoms with Crippen LogP contribution in [0.25, 0.3) is 0 Å². The highest BCUT2D eigenvalue weighted by Gasteiger charge is 2.39. The number of benzene rings is 1. The Bertz CT molecular complexity index is 518. The van der Waals surface area contributed by atoms with Gasteiger partial charge in [-0.3, -0.25) is 4.79 Å². The third-order valence-corrected chi connectivity index (χ3v) is 3.54. The summed E-state index contributed by atoms with van der Waals surface area (Å²) in [7, 11) is 0. The van der Waals surface area contributed by atoms with Gasteiger partial charge in [-0.25, -0.2) is 0 Å². The van der Waals surface area contributed by atoms with E-state index in [0.29, 0.717) is 16.3 Å². The molecule has 1 saturated carbocycles. The molecule has 0 unspecified atom stereocenters. The van der Waals surface area contributed by atoms with Crippen LogP contribution in [0.4, 0.5) is 5.69 Å². The number of carboxylic acid groups (broad SMARTS) is 1. The van der Waals surface area contributed by atoms with Crippen LogP contribution in [-0.4, -0.2) is 16.6 Å². The van der Waals surface area contributed by atoms with E-state index in [-0.39, 0.29) is 6.42 Å². The first-order valence-electron chi connectivity index (χ1n) is 5.74. The van der Waals surface area contributed by atoms with Crippen molar-refractivity contribution in [1.82, 2.24) is 0 Å². The SMILES string of the molecule is N#Cc1ccc(Cl)cc1NC1(CC(=O)O)CCC1. The summed E-state index contributed by atoms with van der Waals surface area (Å²) in [6.07, 6.45) is 2.67. The quantitative estimate of drug-likeness (QED) is 0.877. The molecule has 1 aliphatic rings. The molecule has 0 heterocycles. The lowest BCUT2D eigenvalue weighted by atomic mass is 9.74. The normalized spacial score (nSPS) is 16.4. The molecule has 1 fully saturated rings. The van der Waals surface area contributed by atoms with Gasteiger partial charge in [0.15, 0.2) is 0 Å². The molecule has 2 rings (SSSR count). The third kappa shape index (κ3) is 2.57. The summed E-state index contributed by atoms with van der Waals surface area (Å²) in [6.45, 7) is 0. The number of carbonyl (C=O) groups is 1. The zero-order valence-electron chi connectivity index (χ0n) is 9.74. The van der Waals surface area contributed by atoms with Crippen molar-refractivity contribution < 1.29 is 9.90 Å². The van der Waals surface area contributed by atoms with Crippen LogP contribution in [0.2, 0.25) is 5.02 Å². The van der Waals surface area contributed by atoms with Crippen LogP contribution in [0.15, 0.2) is 18.2 Å². The molecule has 0 saturated heterocycles. The molecule has 0 amide bonds. The number of nitrogens with one attached hydrogen (secondary N) is 1. The van der Waals surface area contributed by atoms with Gasteiger partial charge in [-0.1, -0.05) is 11.6 Å². The van der Waals surface area contributed by atoms with Crippen molar-refractivity contribution in [3.05, 3.63) is 28.8 Å². The number of hydrogen-bond acceptors (Lipinski definition) is 3. The highest BCUT2D eigenvalue weighted by atomic mass is 35.5. The Labute approximate surface area is 110 Å². The number of anilines is 1. The minimum atomic E-state index is -0.831. The Morgan fingerprint density at radius 2 is 2.28 bits per heavy atom. The lowest BCUT2D eigenvalue weighted by Crippen LogP contribution is -2.46. The molecule has 0 atom stereocenters. The number of carboxylic acids is 1. The zero-order valence-corrected chi connectivity index (χ0v) is 10.5. The Balaban J connectivity index is 2.25. The smallest absolute Gasteiger partial charge is 0.305 e. The molecule has 5 heteroatoms. The van der Waals surface area contributed by atoms with Crippen molar-refractivity contribution in [2.45, 2.75) is 31.2 Å². The van der Waals surface area contributed by atoms with Crippen LogP contribution in [0.3, 0.4) is 0 Å². The fraction of sp³-hybridized carbons (Fsp3) is 0.385. The summed E-state index contributed by atoms with van der Waals surface area (Å²) < 4.78 is 0. The first kappa shape index (κ1) is 12.7. The number of nitrogens with zero attached hydrogens (tertiary/aromatic N) is 1. The second kappa shape index (κ2) is 4.87. The maximum Gasteiger partial charge on any atom is 0.305 e. The zero-order chi connectivity index (χ0) is 13.2. The molecule has 1 aromatic carbocycles. The van der Waals surface area contributed by atoms with Crippen molar-refractivity contribution in [3.63, 3.8) is 0 Å². The highest BCUT2D eigenvalue weighted by Crippen LogP contribution is 2.39. The minimum absolute atomic E-state index is 0.0599. The monoisotopic (exact) mass is 264 g/mol. The number of aliphatic carboxylic acids is 1. The van der Waals surface area contributed by atoms with Crippen molar-refractivity contribution in [2.24, 2.45) is 0 Å². The van der Waals surface area contributed by atoms with Gasteiger partial charge in [-0.05, 0) is 37.5 Å². The molecule has 0 aromatic heterocycles. The Morgan fingerprint density at radius 1 is 1.56 bits per heavy atom. The van der Waals surface area contributed by atoms with E-state index < -0.39 is 11.5 Å². The second-order valence-corrected chi connectivity index (χ2v) is 5.07. The van der Waals surface area contributed by atoms with Crippen LogP contribution < -0.4 is 5.32 Å². The van der Waals surface area contributed by atoms with Crippen molar-refractivity contribution in [3.8, 4) is 6.07 Å². The summed E-state index contributed by atoms with van der Waals surface area (Å²) in [5.74, 6) is -0.831. The maximum atomic E-state index is 10.9. The van der Waals surface area contributed by atoms with E-state index in [1.165, 1.54) is 0 Å². The topological polar surface area (TPSA) is 73.1 Å².